The second-order valence-electron chi connectivity index (χ2n) is 1.69. The van der Waals surface area contributed by atoms with Crippen LogP contribution in [0.2, 0.25) is 0 Å². The topological polar surface area (TPSA) is 108 Å². The van der Waals surface area contributed by atoms with Crippen LogP contribution in [-0.2, 0) is 27.7 Å². The van der Waals surface area contributed by atoms with Crippen molar-refractivity contribution in [3.8, 4) is 0 Å². The molecule has 1 unspecified atom stereocenters. The molecule has 0 aromatic carbocycles. The number of rotatable bonds is 0. The quantitative estimate of drug-likeness (QED) is 0.487. The van der Waals surface area contributed by atoms with E-state index in [4.69, 9.17) is 4.89 Å². The molecule has 11 heavy (non-hydrogen) atoms. The van der Waals surface area contributed by atoms with Gasteiger partial charge in [-0.05, 0) is 0 Å². The van der Waals surface area contributed by atoms with Crippen LogP contribution < -0.4 is 0 Å². The van der Waals surface area contributed by atoms with E-state index in [9.17, 15) is 12.9 Å². The summed E-state index contributed by atoms with van der Waals surface area (Å²) in [7, 11) is -8.48. The number of hydrogen-bond acceptors (Lipinski definition) is 7. The third-order valence-corrected chi connectivity index (χ3v) is 11.2. The Morgan fingerprint density at radius 2 is 1.73 bits per heavy atom. The van der Waals surface area contributed by atoms with E-state index in [0.717, 1.165) is 0 Å². The zero-order chi connectivity index (χ0) is 8.33. The normalized spacial score (nSPS) is 61.9. The maximum absolute atomic E-state index is 10.7. The van der Waals surface area contributed by atoms with Gasteiger partial charge in [-0.15, -0.1) is 0 Å². The molecule has 8 nitrogen and oxygen atoms in total. The molecule has 3 heterocycles. The Kier molecular flexibility index (Phi) is 1.44. The van der Waals surface area contributed by atoms with Gasteiger partial charge < -0.3 is 0 Å². The van der Waals surface area contributed by atoms with E-state index in [-0.39, 0.29) is 0 Å². The van der Waals surface area contributed by atoms with Crippen LogP contribution in [0.4, 0.5) is 0 Å². The summed E-state index contributed by atoms with van der Waals surface area (Å²) in [6.45, 7) is 0. The van der Waals surface area contributed by atoms with Crippen molar-refractivity contribution < 1.29 is 32.6 Å². The molecule has 0 saturated carbocycles. The Bertz CT molecular complexity index is 287. The van der Waals surface area contributed by atoms with E-state index >= 15 is 0 Å². The fraction of sp³-hybridized carbons (Fsp3) is 0. The second kappa shape index (κ2) is 1.92. The molecule has 3 fully saturated rings. The fourth-order valence-electron chi connectivity index (χ4n) is 0.578. The molecular weight excluding hydrogens is 265 g/mol. The van der Waals surface area contributed by atoms with Crippen molar-refractivity contribution in [3.05, 3.63) is 0 Å². The Hall–Kier alpha value is 0.618. The number of phosphoric acid groups is 2. The molecule has 1 N–H and O–H groups in total. The van der Waals surface area contributed by atoms with E-state index in [1.807, 2.05) is 0 Å². The molecule has 0 aliphatic carbocycles. The SMILES string of the molecule is O=P1(O)OP2(=O)O[As](=O)(O1)O2. The van der Waals surface area contributed by atoms with Gasteiger partial charge in [0.1, 0.15) is 0 Å². The van der Waals surface area contributed by atoms with Crippen molar-refractivity contribution >= 4 is 30.2 Å². The van der Waals surface area contributed by atoms with Crippen molar-refractivity contribution in [2.24, 2.45) is 0 Å². The molecule has 0 amide bonds. The predicted molar refractivity (Wildman–Crippen MR) is 28.2 cm³/mol. The minimum absolute atomic E-state index is 3.84. The molecule has 1 atom stereocenters. The van der Waals surface area contributed by atoms with E-state index in [0.29, 0.717) is 0 Å². The monoisotopic (exact) mass is 266 g/mol. The summed E-state index contributed by atoms with van der Waals surface area (Å²) >= 11 is -4.63. The summed E-state index contributed by atoms with van der Waals surface area (Å²) in [4.78, 5) is 8.53. The van der Waals surface area contributed by atoms with Gasteiger partial charge in [0, 0.05) is 0 Å². The van der Waals surface area contributed by atoms with Crippen LogP contribution in [0, 0.1) is 0 Å². The molecule has 11 heteroatoms. The van der Waals surface area contributed by atoms with Crippen LogP contribution in [-0.4, -0.2) is 19.4 Å². The first-order valence-electron chi connectivity index (χ1n) is 2.21. The second-order valence-corrected chi connectivity index (χ2v) is 9.62. The van der Waals surface area contributed by atoms with Crippen molar-refractivity contribution in [2.45, 2.75) is 0 Å². The number of hydrogen-bond donors (Lipinski definition) is 1. The minimum atomic E-state index is -4.63. The molecule has 0 aromatic heterocycles. The summed E-state index contributed by atoms with van der Waals surface area (Å²) in [5.41, 5.74) is 0. The summed E-state index contributed by atoms with van der Waals surface area (Å²) in [6, 6.07) is 0. The molecule has 0 aromatic rings. The molecule has 3 saturated heterocycles. The van der Waals surface area contributed by atoms with Gasteiger partial charge in [-0.3, -0.25) is 0 Å². The van der Waals surface area contributed by atoms with Gasteiger partial charge >= 0.3 is 62.8 Å². The first kappa shape index (κ1) is 8.23. The Labute approximate surface area is 63.4 Å². The van der Waals surface area contributed by atoms with E-state index in [1.165, 1.54) is 0 Å². The average Bonchev–Trinajstić information content (AvgIpc) is 1.48. The molecule has 0 radical (unpaired) electrons. The van der Waals surface area contributed by atoms with E-state index in [1.54, 1.807) is 0 Å². The molecule has 3 aliphatic rings. The van der Waals surface area contributed by atoms with E-state index in [2.05, 4.69) is 14.8 Å². The Morgan fingerprint density at radius 1 is 1.18 bits per heavy atom. The molecule has 3 rings (SSSR count). The number of fused-ring (bicyclic) bond motifs is 2. The molecule has 0 spiro atoms. The maximum atomic E-state index is 10.7. The Balaban J connectivity index is 2.40. The predicted octanol–water partition coefficient (Wildman–Crippen LogP) is 0.155. The summed E-state index contributed by atoms with van der Waals surface area (Å²) < 4.78 is 47.8. The summed E-state index contributed by atoms with van der Waals surface area (Å²) in [5.74, 6) is 0. The van der Waals surface area contributed by atoms with Crippen molar-refractivity contribution in [1.82, 2.24) is 0 Å². The molecule has 3 aliphatic heterocycles. The van der Waals surface area contributed by atoms with Gasteiger partial charge in [0.2, 0.25) is 0 Å². The zero-order valence-electron chi connectivity index (χ0n) is 4.65. The van der Waals surface area contributed by atoms with Crippen LogP contribution in [0.5, 0.6) is 0 Å². The van der Waals surface area contributed by atoms with Crippen LogP contribution in [0.25, 0.3) is 0 Å². The van der Waals surface area contributed by atoms with Gasteiger partial charge in [0.05, 0.1) is 0 Å². The summed E-state index contributed by atoms with van der Waals surface area (Å²) in [5, 5.41) is 0. The van der Waals surface area contributed by atoms with Gasteiger partial charge in [-0.1, -0.05) is 0 Å². The van der Waals surface area contributed by atoms with Crippen molar-refractivity contribution in [3.63, 3.8) is 0 Å². The first-order valence-corrected chi connectivity index (χ1v) is 8.23. The van der Waals surface area contributed by atoms with Gasteiger partial charge in [-0.25, -0.2) is 0 Å². The van der Waals surface area contributed by atoms with Gasteiger partial charge in [-0.2, -0.15) is 0 Å². The standard InChI is InChI=1S/AsHO8P2/c2-1-6-10(3,4)9-11(5,7-1)8-1/h(H,3,4). The van der Waals surface area contributed by atoms with E-state index < -0.39 is 30.2 Å². The average molecular weight is 266 g/mol. The van der Waals surface area contributed by atoms with Crippen LogP contribution >= 0.6 is 15.6 Å². The van der Waals surface area contributed by atoms with Gasteiger partial charge in [0.15, 0.2) is 0 Å². The summed E-state index contributed by atoms with van der Waals surface area (Å²) in [6.07, 6.45) is 0. The van der Waals surface area contributed by atoms with Gasteiger partial charge in [0.25, 0.3) is 0 Å². The molecule has 2 bridgehead atoms. The Morgan fingerprint density at radius 3 is 2.09 bits per heavy atom. The zero-order valence-corrected chi connectivity index (χ0v) is 8.31. The third kappa shape index (κ3) is 1.30. The molecule has 64 valence electrons. The van der Waals surface area contributed by atoms with Crippen molar-refractivity contribution in [1.29, 1.82) is 0 Å². The first-order chi connectivity index (χ1) is 4.83. The third-order valence-electron chi connectivity index (χ3n) is 0.806. The van der Waals surface area contributed by atoms with Crippen LogP contribution in [0.3, 0.4) is 0 Å². The van der Waals surface area contributed by atoms with Crippen molar-refractivity contribution in [2.75, 3.05) is 0 Å². The fourth-order valence-corrected chi connectivity index (χ4v) is 10.5. The van der Waals surface area contributed by atoms with Crippen LogP contribution in [0.15, 0.2) is 0 Å². The van der Waals surface area contributed by atoms with Crippen LogP contribution in [0.1, 0.15) is 0 Å². The molecular formula is HAsO8P2.